The molecular formula is C42H26N8O2. The van der Waals surface area contributed by atoms with E-state index in [4.69, 9.17) is 9.47 Å². The van der Waals surface area contributed by atoms with Crippen LogP contribution in [0.4, 0.5) is 34.1 Å². The first-order chi connectivity index (χ1) is 25.8. The Balaban J connectivity index is 1.23. The molecule has 0 saturated carbocycles. The lowest BCUT2D eigenvalue weighted by molar-refractivity contribution is 0.476. The number of hydrogen-bond donors (Lipinski definition) is 0. The number of para-hydroxylation sites is 8. The minimum Gasteiger partial charge on any atom is -0.453 e. The summed E-state index contributed by atoms with van der Waals surface area (Å²) in [5.74, 6) is 4.15. The molecule has 6 aromatic carbocycles. The number of benzene rings is 6. The van der Waals surface area contributed by atoms with Gasteiger partial charge in [0.25, 0.3) is 0 Å². The van der Waals surface area contributed by atoms with Crippen LogP contribution in [0.5, 0.6) is 23.0 Å². The molecule has 246 valence electrons. The molecule has 0 aliphatic carbocycles. The Bertz CT molecular complexity index is 2350. The van der Waals surface area contributed by atoms with E-state index in [9.17, 15) is 0 Å². The fourth-order valence-electron chi connectivity index (χ4n) is 6.81. The highest BCUT2D eigenvalue weighted by atomic mass is 16.5. The van der Waals surface area contributed by atoms with Gasteiger partial charge < -0.3 is 19.3 Å². The van der Waals surface area contributed by atoms with Crippen LogP contribution in [0.25, 0.3) is 33.9 Å². The second-order valence-corrected chi connectivity index (χ2v) is 12.2. The van der Waals surface area contributed by atoms with Crippen LogP contribution in [-0.2, 0) is 0 Å². The molecule has 2 aromatic heterocycles. The quantitative estimate of drug-likeness (QED) is 0.175. The average Bonchev–Trinajstić information content (AvgIpc) is 3.22. The molecule has 0 radical (unpaired) electrons. The zero-order valence-electron chi connectivity index (χ0n) is 27.4. The number of anilines is 6. The van der Waals surface area contributed by atoms with E-state index in [0.717, 1.165) is 79.4 Å². The number of ether oxygens (including phenoxy) is 2. The van der Waals surface area contributed by atoms with Crippen molar-refractivity contribution >= 4 is 34.1 Å². The van der Waals surface area contributed by atoms with E-state index >= 15 is 0 Å². The van der Waals surface area contributed by atoms with Gasteiger partial charge in [-0.05, 0) is 96.1 Å². The molecule has 0 fully saturated rings. The lowest BCUT2D eigenvalue weighted by atomic mass is 9.97. The first kappa shape index (κ1) is 29.5. The molecule has 4 heterocycles. The van der Waals surface area contributed by atoms with Crippen molar-refractivity contribution in [3.8, 4) is 56.9 Å². The molecule has 0 bridgehead atoms. The molecule has 0 atom stereocenters. The van der Waals surface area contributed by atoms with Gasteiger partial charge in [-0.2, -0.15) is 0 Å². The van der Waals surface area contributed by atoms with Crippen molar-refractivity contribution in [1.29, 1.82) is 0 Å². The fourth-order valence-corrected chi connectivity index (χ4v) is 6.81. The van der Waals surface area contributed by atoms with Gasteiger partial charge in [0, 0.05) is 22.5 Å². The van der Waals surface area contributed by atoms with Crippen LogP contribution in [0.1, 0.15) is 0 Å². The summed E-state index contributed by atoms with van der Waals surface area (Å²) in [4.78, 5) is 30.8. The Morgan fingerprint density at radius 1 is 0.346 bits per heavy atom. The van der Waals surface area contributed by atoms with E-state index in [-0.39, 0.29) is 0 Å². The monoisotopic (exact) mass is 674 g/mol. The second kappa shape index (κ2) is 12.1. The molecule has 2 aliphatic rings. The first-order valence-electron chi connectivity index (χ1n) is 16.6. The maximum Gasteiger partial charge on any atom is 0.162 e. The van der Waals surface area contributed by atoms with E-state index in [1.807, 2.05) is 72.8 Å². The van der Waals surface area contributed by atoms with Gasteiger partial charge in [-0.15, -0.1) is 0 Å². The third-order valence-corrected chi connectivity index (χ3v) is 9.05. The van der Waals surface area contributed by atoms with Gasteiger partial charge in [0.15, 0.2) is 34.6 Å². The van der Waals surface area contributed by atoms with E-state index in [1.165, 1.54) is 25.3 Å². The molecular weight excluding hydrogens is 649 g/mol. The van der Waals surface area contributed by atoms with Crippen molar-refractivity contribution < 1.29 is 9.47 Å². The number of aromatic nitrogens is 6. The van der Waals surface area contributed by atoms with E-state index in [1.54, 1.807) is 0 Å². The lowest BCUT2D eigenvalue weighted by Crippen LogP contribution is -2.16. The summed E-state index contributed by atoms with van der Waals surface area (Å²) in [6.45, 7) is 0. The van der Waals surface area contributed by atoms with Gasteiger partial charge in [0.1, 0.15) is 25.3 Å². The van der Waals surface area contributed by atoms with Crippen molar-refractivity contribution in [1.82, 2.24) is 29.9 Å². The predicted molar refractivity (Wildman–Crippen MR) is 199 cm³/mol. The highest BCUT2D eigenvalue weighted by Gasteiger charge is 2.28. The molecule has 0 unspecified atom stereocenters. The molecule has 2 aliphatic heterocycles. The van der Waals surface area contributed by atoms with Gasteiger partial charge in [-0.1, -0.05) is 48.5 Å². The molecule has 8 aromatic rings. The van der Waals surface area contributed by atoms with Crippen molar-refractivity contribution in [3.63, 3.8) is 0 Å². The summed E-state index contributed by atoms with van der Waals surface area (Å²) in [7, 11) is 0. The van der Waals surface area contributed by atoms with E-state index in [0.29, 0.717) is 11.6 Å². The van der Waals surface area contributed by atoms with Crippen LogP contribution in [0, 0.1) is 0 Å². The van der Waals surface area contributed by atoms with Crippen LogP contribution >= 0.6 is 0 Å². The van der Waals surface area contributed by atoms with Crippen molar-refractivity contribution in [3.05, 3.63) is 159 Å². The van der Waals surface area contributed by atoms with Crippen LogP contribution < -0.4 is 19.3 Å². The minimum absolute atomic E-state index is 0.554. The highest BCUT2D eigenvalue weighted by molar-refractivity contribution is 5.92. The van der Waals surface area contributed by atoms with Gasteiger partial charge in [-0.25, -0.2) is 29.9 Å². The third-order valence-electron chi connectivity index (χ3n) is 9.05. The Morgan fingerprint density at radius 2 is 0.654 bits per heavy atom. The van der Waals surface area contributed by atoms with Crippen LogP contribution in [-0.4, -0.2) is 29.9 Å². The van der Waals surface area contributed by atoms with Gasteiger partial charge >= 0.3 is 0 Å². The third kappa shape index (κ3) is 5.05. The Hall–Kier alpha value is -7.46. The topological polar surface area (TPSA) is 102 Å². The van der Waals surface area contributed by atoms with Gasteiger partial charge in [0.05, 0.1) is 22.7 Å². The van der Waals surface area contributed by atoms with Crippen LogP contribution in [0.15, 0.2) is 159 Å². The molecule has 0 N–H and O–H groups in total. The van der Waals surface area contributed by atoms with E-state index < -0.39 is 0 Å². The van der Waals surface area contributed by atoms with Crippen LogP contribution in [0.2, 0.25) is 0 Å². The molecule has 0 amide bonds. The summed E-state index contributed by atoms with van der Waals surface area (Å²) in [6, 6.07) is 44.9. The molecule has 10 nitrogen and oxygen atoms in total. The molecule has 52 heavy (non-hydrogen) atoms. The Morgan fingerprint density at radius 3 is 1.00 bits per heavy atom. The van der Waals surface area contributed by atoms with Gasteiger partial charge in [0.2, 0.25) is 0 Å². The zero-order chi connectivity index (χ0) is 34.4. The molecule has 0 spiro atoms. The number of rotatable bonds is 5. The number of hydrogen-bond acceptors (Lipinski definition) is 10. The van der Waals surface area contributed by atoms with Gasteiger partial charge in [-0.3, -0.25) is 0 Å². The molecule has 10 heteroatoms. The molecule has 0 saturated heterocycles. The normalized spacial score (nSPS) is 12.5. The zero-order valence-corrected chi connectivity index (χ0v) is 27.4. The Kier molecular flexibility index (Phi) is 6.88. The summed E-state index contributed by atoms with van der Waals surface area (Å²) >= 11 is 0. The SMILES string of the molecule is c1ccc2c(c1)Oc1ccccc1N2c1cc(-c2cc(-c3ncncn3)cc(N3c4ccccc4Oc4ccccc43)c2)cc(-c2ncncn2)c1. The van der Waals surface area contributed by atoms with Crippen molar-refractivity contribution in [2.24, 2.45) is 0 Å². The largest absolute Gasteiger partial charge is 0.453 e. The second-order valence-electron chi connectivity index (χ2n) is 12.2. The minimum atomic E-state index is 0.554. The standard InChI is InChI=1S/C42H26N8O2/c1-5-13-37-33(9-1)49(34-10-2-6-14-38(34)51-37)31-19-27(17-29(21-31)41-45-23-43-24-46-41)28-18-30(42-47-25-44-26-48-42)22-32(20-28)50-35-11-3-7-15-39(35)52-40-16-8-4-12-36(40)50/h1-26H. The molecule has 10 rings (SSSR count). The number of fused-ring (bicyclic) bond motifs is 4. The van der Waals surface area contributed by atoms with Crippen LogP contribution in [0.3, 0.4) is 0 Å². The Labute approximate surface area is 298 Å². The van der Waals surface area contributed by atoms with Crippen molar-refractivity contribution in [2.75, 3.05) is 9.80 Å². The fraction of sp³-hybridized carbons (Fsp3) is 0. The predicted octanol–water partition coefficient (Wildman–Crippen LogP) is 10.2. The maximum absolute atomic E-state index is 6.35. The first-order valence-corrected chi connectivity index (χ1v) is 16.6. The summed E-state index contributed by atoms with van der Waals surface area (Å²) < 4.78 is 12.7. The highest BCUT2D eigenvalue weighted by Crippen LogP contribution is 2.53. The summed E-state index contributed by atoms with van der Waals surface area (Å²) in [6.07, 6.45) is 6.06. The smallest absolute Gasteiger partial charge is 0.162 e. The lowest BCUT2D eigenvalue weighted by Gasteiger charge is -2.34. The van der Waals surface area contributed by atoms with E-state index in [2.05, 4.69) is 100 Å². The maximum atomic E-state index is 6.35. The summed E-state index contributed by atoms with van der Waals surface area (Å²) in [5.41, 5.74) is 9.00. The van der Waals surface area contributed by atoms with Crippen molar-refractivity contribution in [2.45, 2.75) is 0 Å². The summed E-state index contributed by atoms with van der Waals surface area (Å²) in [5, 5.41) is 0. The average molecular weight is 675 g/mol. The number of nitrogens with zero attached hydrogens (tertiary/aromatic N) is 8.